The molecule has 1 saturated heterocycles. The van der Waals surface area contributed by atoms with E-state index >= 15 is 0 Å². The van der Waals surface area contributed by atoms with Gasteiger partial charge in [0.2, 0.25) is 0 Å². The van der Waals surface area contributed by atoms with Crippen molar-refractivity contribution < 1.29 is 4.39 Å². The van der Waals surface area contributed by atoms with E-state index in [9.17, 15) is 4.39 Å². The van der Waals surface area contributed by atoms with Crippen molar-refractivity contribution in [2.75, 3.05) is 24.6 Å². The molecule has 0 spiro atoms. The zero-order chi connectivity index (χ0) is 7.56. The molecule has 0 aromatic heterocycles. The van der Waals surface area contributed by atoms with E-state index < -0.39 is 6.17 Å². The largest absolute Gasteiger partial charge is 0.303 e. The molecule has 0 saturated carbocycles. The standard InChI is InChI=1S/C7H13FIN/c1-10-3-2-6(4-9)7(8)5-10/h6-7H,2-5H2,1H3. The van der Waals surface area contributed by atoms with Crippen LogP contribution in [0.4, 0.5) is 4.39 Å². The molecule has 0 N–H and O–H groups in total. The van der Waals surface area contributed by atoms with Crippen LogP contribution in [-0.4, -0.2) is 35.6 Å². The van der Waals surface area contributed by atoms with Crippen molar-refractivity contribution in [3.63, 3.8) is 0 Å². The summed E-state index contributed by atoms with van der Waals surface area (Å²) in [6.45, 7) is 1.70. The fourth-order valence-electron chi connectivity index (χ4n) is 1.28. The number of likely N-dealkylation sites (tertiary alicyclic amines) is 1. The Labute approximate surface area is 75.1 Å². The van der Waals surface area contributed by atoms with Gasteiger partial charge in [-0.15, -0.1) is 0 Å². The van der Waals surface area contributed by atoms with Crippen LogP contribution < -0.4 is 0 Å². The van der Waals surface area contributed by atoms with E-state index in [0.717, 1.165) is 17.4 Å². The average Bonchev–Trinajstić information content (AvgIpc) is 1.88. The van der Waals surface area contributed by atoms with E-state index in [2.05, 4.69) is 27.5 Å². The topological polar surface area (TPSA) is 3.24 Å². The van der Waals surface area contributed by atoms with Gasteiger partial charge in [0.1, 0.15) is 6.17 Å². The number of rotatable bonds is 1. The molecule has 1 rings (SSSR count). The second kappa shape index (κ2) is 3.85. The van der Waals surface area contributed by atoms with Gasteiger partial charge in [0, 0.05) is 16.9 Å². The number of piperidine rings is 1. The van der Waals surface area contributed by atoms with Crippen LogP contribution in [-0.2, 0) is 0 Å². The SMILES string of the molecule is CN1CCC(CI)C(F)C1. The number of hydrogen-bond acceptors (Lipinski definition) is 1. The third-order valence-electron chi connectivity index (χ3n) is 2.08. The molecule has 2 atom stereocenters. The Kier molecular flexibility index (Phi) is 3.36. The molecule has 0 radical (unpaired) electrons. The van der Waals surface area contributed by atoms with E-state index in [1.54, 1.807) is 0 Å². The first-order valence-electron chi connectivity index (χ1n) is 3.62. The van der Waals surface area contributed by atoms with E-state index in [-0.39, 0.29) is 0 Å². The Morgan fingerprint density at radius 1 is 1.70 bits per heavy atom. The van der Waals surface area contributed by atoms with Crippen molar-refractivity contribution in [1.82, 2.24) is 4.90 Å². The van der Waals surface area contributed by atoms with E-state index in [1.165, 1.54) is 0 Å². The smallest absolute Gasteiger partial charge is 0.116 e. The maximum Gasteiger partial charge on any atom is 0.116 e. The van der Waals surface area contributed by atoms with Gasteiger partial charge in [-0.05, 0) is 20.0 Å². The number of halogens is 2. The van der Waals surface area contributed by atoms with E-state index in [4.69, 9.17) is 0 Å². The van der Waals surface area contributed by atoms with E-state index in [0.29, 0.717) is 12.5 Å². The first-order chi connectivity index (χ1) is 4.74. The summed E-state index contributed by atoms with van der Waals surface area (Å²) in [7, 11) is 1.98. The fourth-order valence-corrected chi connectivity index (χ4v) is 2.27. The summed E-state index contributed by atoms with van der Waals surface area (Å²) in [4.78, 5) is 2.06. The molecule has 0 aromatic carbocycles. The molecule has 0 amide bonds. The molecular weight excluding hydrogens is 244 g/mol. The average molecular weight is 257 g/mol. The molecule has 60 valence electrons. The highest BCUT2D eigenvalue weighted by Crippen LogP contribution is 2.21. The molecule has 0 bridgehead atoms. The van der Waals surface area contributed by atoms with Crippen LogP contribution in [0.2, 0.25) is 0 Å². The van der Waals surface area contributed by atoms with Gasteiger partial charge in [0.15, 0.2) is 0 Å². The minimum absolute atomic E-state index is 0.316. The van der Waals surface area contributed by atoms with Crippen LogP contribution in [0.15, 0.2) is 0 Å². The lowest BCUT2D eigenvalue weighted by Crippen LogP contribution is -2.39. The lowest BCUT2D eigenvalue weighted by atomic mass is 9.98. The van der Waals surface area contributed by atoms with Crippen molar-refractivity contribution in [2.24, 2.45) is 5.92 Å². The van der Waals surface area contributed by atoms with Crippen LogP contribution in [0, 0.1) is 5.92 Å². The van der Waals surface area contributed by atoms with Gasteiger partial charge in [-0.3, -0.25) is 0 Å². The fraction of sp³-hybridized carbons (Fsp3) is 1.00. The lowest BCUT2D eigenvalue weighted by molar-refractivity contribution is 0.116. The van der Waals surface area contributed by atoms with Crippen molar-refractivity contribution in [3.05, 3.63) is 0 Å². The predicted molar refractivity (Wildman–Crippen MR) is 49.4 cm³/mol. The summed E-state index contributed by atoms with van der Waals surface area (Å²) in [5.74, 6) is 0.316. The number of hydrogen-bond donors (Lipinski definition) is 0. The minimum Gasteiger partial charge on any atom is -0.303 e. The first kappa shape index (κ1) is 8.71. The molecule has 3 heteroatoms. The number of alkyl halides is 2. The molecule has 1 aliphatic rings. The van der Waals surface area contributed by atoms with Crippen LogP contribution in [0.1, 0.15) is 6.42 Å². The van der Waals surface area contributed by atoms with Crippen molar-refractivity contribution in [3.8, 4) is 0 Å². The molecule has 1 heterocycles. The second-order valence-electron chi connectivity index (χ2n) is 2.98. The first-order valence-corrected chi connectivity index (χ1v) is 5.15. The summed E-state index contributed by atoms with van der Waals surface area (Å²) in [6, 6.07) is 0. The highest BCUT2D eigenvalue weighted by Gasteiger charge is 2.25. The Morgan fingerprint density at radius 3 is 2.90 bits per heavy atom. The Bertz CT molecular complexity index is 110. The summed E-state index contributed by atoms with van der Waals surface area (Å²) in [6.07, 6.45) is 0.441. The molecule has 1 fully saturated rings. The quantitative estimate of drug-likeness (QED) is 0.510. The maximum atomic E-state index is 13.1. The predicted octanol–water partition coefficient (Wildman–Crippen LogP) is 1.71. The minimum atomic E-state index is -0.587. The van der Waals surface area contributed by atoms with Crippen molar-refractivity contribution in [1.29, 1.82) is 0 Å². The normalized spacial score (nSPS) is 36.3. The Morgan fingerprint density at radius 2 is 2.40 bits per heavy atom. The van der Waals surface area contributed by atoms with Crippen LogP contribution >= 0.6 is 22.6 Å². The van der Waals surface area contributed by atoms with Crippen molar-refractivity contribution >= 4 is 22.6 Å². The van der Waals surface area contributed by atoms with Gasteiger partial charge in [0.25, 0.3) is 0 Å². The zero-order valence-electron chi connectivity index (χ0n) is 6.19. The molecule has 1 nitrogen and oxygen atoms in total. The molecule has 0 aliphatic carbocycles. The summed E-state index contributed by atoms with van der Waals surface area (Å²) >= 11 is 2.27. The number of nitrogens with zero attached hydrogens (tertiary/aromatic N) is 1. The third kappa shape index (κ3) is 2.05. The third-order valence-corrected chi connectivity index (χ3v) is 3.21. The zero-order valence-corrected chi connectivity index (χ0v) is 8.34. The molecule has 2 unspecified atom stereocenters. The Hall–Kier alpha value is 0.620. The Balaban J connectivity index is 2.36. The summed E-state index contributed by atoms with van der Waals surface area (Å²) < 4.78 is 14.0. The van der Waals surface area contributed by atoms with Gasteiger partial charge in [-0.25, -0.2) is 4.39 Å². The van der Waals surface area contributed by atoms with E-state index in [1.807, 2.05) is 7.05 Å². The van der Waals surface area contributed by atoms with Gasteiger partial charge >= 0.3 is 0 Å². The molecule has 0 aromatic rings. The van der Waals surface area contributed by atoms with Gasteiger partial charge in [-0.2, -0.15) is 0 Å². The highest BCUT2D eigenvalue weighted by atomic mass is 127. The monoisotopic (exact) mass is 257 g/mol. The summed E-state index contributed by atoms with van der Waals surface area (Å²) in [5, 5.41) is 0. The van der Waals surface area contributed by atoms with Crippen LogP contribution in [0.3, 0.4) is 0 Å². The lowest BCUT2D eigenvalue weighted by Gasteiger charge is -2.30. The van der Waals surface area contributed by atoms with Gasteiger partial charge < -0.3 is 4.90 Å². The van der Waals surface area contributed by atoms with Gasteiger partial charge in [-0.1, -0.05) is 22.6 Å². The van der Waals surface area contributed by atoms with Crippen molar-refractivity contribution in [2.45, 2.75) is 12.6 Å². The highest BCUT2D eigenvalue weighted by molar-refractivity contribution is 14.1. The molecular formula is C7H13FIN. The molecule has 10 heavy (non-hydrogen) atoms. The molecule has 1 aliphatic heterocycles. The summed E-state index contributed by atoms with van der Waals surface area (Å²) in [5.41, 5.74) is 0. The van der Waals surface area contributed by atoms with Gasteiger partial charge in [0.05, 0.1) is 0 Å². The second-order valence-corrected chi connectivity index (χ2v) is 3.86. The maximum absolute atomic E-state index is 13.1. The van der Waals surface area contributed by atoms with Crippen LogP contribution in [0.5, 0.6) is 0 Å². The van der Waals surface area contributed by atoms with Crippen LogP contribution in [0.25, 0.3) is 0 Å².